The molecule has 0 N–H and O–H groups in total. The first-order valence-corrected chi connectivity index (χ1v) is 9.48. The van der Waals surface area contributed by atoms with Crippen LogP contribution in [0.1, 0.15) is 20.7 Å². The topological polar surface area (TPSA) is 81.0 Å². The number of fused-ring (bicyclic) bond motifs is 2. The maximum atomic E-state index is 12.6. The monoisotopic (exact) mass is 405 g/mol. The fourth-order valence-corrected chi connectivity index (χ4v) is 4.25. The van der Waals surface area contributed by atoms with Crippen LogP contribution in [0.25, 0.3) is 10.2 Å². The summed E-state index contributed by atoms with van der Waals surface area (Å²) >= 11 is 1.28. The van der Waals surface area contributed by atoms with Crippen LogP contribution in [0.5, 0.6) is 5.75 Å². The van der Waals surface area contributed by atoms with Gasteiger partial charge in [-0.05, 0) is 30.3 Å². The summed E-state index contributed by atoms with van der Waals surface area (Å²) in [6.07, 6.45) is 5.47. The van der Waals surface area contributed by atoms with Crippen molar-refractivity contribution < 1.29 is 19.1 Å². The van der Waals surface area contributed by atoms with Gasteiger partial charge in [-0.1, -0.05) is 29.4 Å². The molecule has 4 rings (SSSR count). The number of benzene rings is 2. The third-order valence-electron chi connectivity index (χ3n) is 4.53. The molecule has 1 aromatic heterocycles. The lowest BCUT2D eigenvalue weighted by molar-refractivity contribution is -0.118. The molecule has 0 unspecified atom stereocenters. The molecular weight excluding hydrogens is 390 g/mol. The van der Waals surface area contributed by atoms with Gasteiger partial charge in [0.1, 0.15) is 12.3 Å². The Morgan fingerprint density at radius 1 is 1.17 bits per heavy atom. The molecule has 0 saturated heterocycles. The highest BCUT2D eigenvalue weighted by molar-refractivity contribution is 7.16. The molecule has 0 saturated carbocycles. The van der Waals surface area contributed by atoms with Gasteiger partial charge in [-0.15, -0.1) is 6.42 Å². The van der Waals surface area contributed by atoms with Gasteiger partial charge in [0.05, 0.1) is 35.0 Å². The minimum Gasteiger partial charge on any atom is -0.497 e. The highest BCUT2D eigenvalue weighted by atomic mass is 32.1. The Kier molecular flexibility index (Phi) is 4.74. The fraction of sp³-hybridized carbons (Fsp3) is 0.143. The molecule has 0 aliphatic carbocycles. The second kappa shape index (κ2) is 7.37. The van der Waals surface area contributed by atoms with Gasteiger partial charge < -0.3 is 9.30 Å². The second-order valence-corrected chi connectivity index (χ2v) is 7.27. The zero-order valence-electron chi connectivity index (χ0n) is 15.4. The lowest BCUT2D eigenvalue weighted by atomic mass is 10.1. The normalized spacial score (nSPS) is 13.7. The number of methoxy groups -OCH3 is 1. The lowest BCUT2D eigenvalue weighted by Crippen LogP contribution is -2.35. The number of imide groups is 1. The summed E-state index contributed by atoms with van der Waals surface area (Å²) < 4.78 is 7.82. The molecule has 2 heterocycles. The molecule has 1 aliphatic heterocycles. The van der Waals surface area contributed by atoms with Crippen LogP contribution in [-0.2, 0) is 11.3 Å². The van der Waals surface area contributed by atoms with E-state index in [0.29, 0.717) is 21.7 Å². The van der Waals surface area contributed by atoms with E-state index >= 15 is 0 Å². The van der Waals surface area contributed by atoms with Gasteiger partial charge in [0.15, 0.2) is 4.80 Å². The van der Waals surface area contributed by atoms with E-state index in [0.717, 1.165) is 15.1 Å². The van der Waals surface area contributed by atoms with E-state index in [1.165, 1.54) is 11.3 Å². The van der Waals surface area contributed by atoms with Crippen LogP contribution in [-0.4, -0.2) is 40.8 Å². The fourth-order valence-electron chi connectivity index (χ4n) is 3.17. The minimum atomic E-state index is -0.608. The van der Waals surface area contributed by atoms with E-state index in [4.69, 9.17) is 11.2 Å². The van der Waals surface area contributed by atoms with Gasteiger partial charge in [-0.3, -0.25) is 19.3 Å². The Hall–Kier alpha value is -3.70. The van der Waals surface area contributed by atoms with Crippen molar-refractivity contribution in [1.29, 1.82) is 0 Å². The quantitative estimate of drug-likeness (QED) is 0.492. The number of thiazole rings is 1. The molecule has 144 valence electrons. The summed E-state index contributed by atoms with van der Waals surface area (Å²) in [5, 5.41) is 0. The van der Waals surface area contributed by atoms with Crippen molar-refractivity contribution in [1.82, 2.24) is 9.47 Å². The molecule has 0 fully saturated rings. The maximum Gasteiger partial charge on any atom is 0.268 e. The highest BCUT2D eigenvalue weighted by Gasteiger charge is 2.36. The van der Waals surface area contributed by atoms with Crippen molar-refractivity contribution >= 4 is 39.3 Å². The number of carbonyl (C=O) groups is 3. The van der Waals surface area contributed by atoms with Gasteiger partial charge in [-0.25, -0.2) is 0 Å². The highest BCUT2D eigenvalue weighted by Crippen LogP contribution is 2.24. The first kappa shape index (κ1) is 18.7. The molecule has 0 atom stereocenters. The summed E-state index contributed by atoms with van der Waals surface area (Å²) in [5.74, 6) is 1.63. The average molecular weight is 405 g/mol. The Balaban J connectivity index is 1.68. The Morgan fingerprint density at radius 2 is 1.86 bits per heavy atom. The molecular formula is C21H15N3O4S. The molecule has 3 amide bonds. The van der Waals surface area contributed by atoms with Crippen LogP contribution in [0, 0.1) is 12.3 Å². The SMILES string of the molecule is C#CCn1c(=NC(=O)CN2C(=O)c3ccccc3C2=O)sc2cc(OC)ccc21. The number of amides is 3. The third-order valence-corrected chi connectivity index (χ3v) is 5.57. The first-order chi connectivity index (χ1) is 14.0. The van der Waals surface area contributed by atoms with Gasteiger partial charge in [-0.2, -0.15) is 4.99 Å². The van der Waals surface area contributed by atoms with E-state index < -0.39 is 24.3 Å². The van der Waals surface area contributed by atoms with E-state index in [1.54, 1.807) is 42.0 Å². The Morgan fingerprint density at radius 3 is 2.48 bits per heavy atom. The number of rotatable bonds is 4. The lowest BCUT2D eigenvalue weighted by Gasteiger charge is -2.10. The predicted octanol–water partition coefficient (Wildman–Crippen LogP) is 2.07. The van der Waals surface area contributed by atoms with Crippen molar-refractivity contribution in [3.63, 3.8) is 0 Å². The number of aromatic nitrogens is 1. The molecule has 8 heteroatoms. The smallest absolute Gasteiger partial charge is 0.268 e. The van der Waals surface area contributed by atoms with Crippen molar-refractivity contribution in [3.8, 4) is 18.1 Å². The summed E-state index contributed by atoms with van der Waals surface area (Å²) in [7, 11) is 1.57. The number of hydrogen-bond acceptors (Lipinski definition) is 5. The first-order valence-electron chi connectivity index (χ1n) is 8.67. The van der Waals surface area contributed by atoms with Crippen molar-refractivity contribution in [2.75, 3.05) is 13.7 Å². The van der Waals surface area contributed by atoms with E-state index in [1.807, 2.05) is 12.1 Å². The van der Waals surface area contributed by atoms with E-state index in [-0.39, 0.29) is 6.54 Å². The molecule has 3 aromatic rings. The Labute approximate surface area is 169 Å². The van der Waals surface area contributed by atoms with Gasteiger partial charge in [0.25, 0.3) is 17.7 Å². The summed E-state index contributed by atoms with van der Waals surface area (Å²) in [6.45, 7) is -0.203. The van der Waals surface area contributed by atoms with Crippen molar-refractivity contribution in [2.24, 2.45) is 4.99 Å². The molecule has 29 heavy (non-hydrogen) atoms. The average Bonchev–Trinajstić information content (AvgIpc) is 3.18. The number of ether oxygens (including phenoxy) is 1. The molecule has 0 bridgehead atoms. The molecule has 1 aliphatic rings. The van der Waals surface area contributed by atoms with Crippen molar-refractivity contribution in [2.45, 2.75) is 6.54 Å². The van der Waals surface area contributed by atoms with Crippen LogP contribution in [0.15, 0.2) is 47.5 Å². The molecule has 0 radical (unpaired) electrons. The number of hydrogen-bond donors (Lipinski definition) is 0. The van der Waals surface area contributed by atoms with Gasteiger partial charge >= 0.3 is 0 Å². The van der Waals surface area contributed by atoms with Crippen LogP contribution >= 0.6 is 11.3 Å². The summed E-state index contributed by atoms with van der Waals surface area (Å²) in [5.41, 5.74) is 1.41. The number of nitrogens with zero attached hydrogens (tertiary/aromatic N) is 3. The van der Waals surface area contributed by atoms with Crippen LogP contribution in [0.4, 0.5) is 0 Å². The third kappa shape index (κ3) is 3.22. The standard InChI is InChI=1S/C21H15N3O4S/c1-3-10-23-16-9-8-13(28-2)11-17(16)29-21(23)22-18(25)12-24-19(26)14-6-4-5-7-15(14)20(24)27/h1,4-9,11H,10,12H2,2H3. The largest absolute Gasteiger partial charge is 0.497 e. The second-order valence-electron chi connectivity index (χ2n) is 6.26. The van der Waals surface area contributed by atoms with E-state index in [9.17, 15) is 14.4 Å². The van der Waals surface area contributed by atoms with Gasteiger partial charge in [0, 0.05) is 0 Å². The molecule has 2 aromatic carbocycles. The van der Waals surface area contributed by atoms with Gasteiger partial charge in [0.2, 0.25) is 0 Å². The van der Waals surface area contributed by atoms with Crippen molar-refractivity contribution in [3.05, 3.63) is 58.4 Å². The van der Waals surface area contributed by atoms with Crippen LogP contribution in [0.3, 0.4) is 0 Å². The van der Waals surface area contributed by atoms with Crippen LogP contribution < -0.4 is 9.54 Å². The summed E-state index contributed by atoms with van der Waals surface area (Å²) in [6, 6.07) is 12.0. The van der Waals surface area contributed by atoms with Crippen LogP contribution in [0.2, 0.25) is 0 Å². The maximum absolute atomic E-state index is 12.6. The molecule has 0 spiro atoms. The Bertz CT molecular complexity index is 1240. The predicted molar refractivity (Wildman–Crippen MR) is 108 cm³/mol. The number of terminal acetylenes is 1. The number of carbonyl (C=O) groups excluding carboxylic acids is 3. The minimum absolute atomic E-state index is 0.228. The summed E-state index contributed by atoms with van der Waals surface area (Å²) in [4.78, 5) is 42.9. The zero-order valence-corrected chi connectivity index (χ0v) is 16.2. The molecule has 7 nitrogen and oxygen atoms in total. The van der Waals surface area contributed by atoms with E-state index in [2.05, 4.69) is 10.9 Å². The zero-order chi connectivity index (χ0) is 20.5.